The van der Waals surface area contributed by atoms with Gasteiger partial charge in [-0.1, -0.05) is 30.4 Å². The Kier molecular flexibility index (Phi) is 7.57. The largest absolute Gasteiger partial charge is 0.339 e. The molecule has 1 saturated carbocycles. The molecule has 1 aliphatic carbocycles. The molecule has 156 valence electrons. The molecule has 6 N–H and O–H groups in total. The summed E-state index contributed by atoms with van der Waals surface area (Å²) in [4.78, 5) is 23.6. The topological polar surface area (TPSA) is 116 Å². The minimum Gasteiger partial charge on any atom is -0.339 e. The molecule has 0 spiro atoms. The highest BCUT2D eigenvalue weighted by molar-refractivity contribution is 5.97. The first-order valence-corrected chi connectivity index (χ1v) is 9.98. The summed E-state index contributed by atoms with van der Waals surface area (Å²) in [7, 11) is 0. The number of hydrogen-bond donors (Lipinski definition) is 5. The first-order chi connectivity index (χ1) is 14.6. The Hall–Kier alpha value is -3.18. The number of hydrogen-bond acceptors (Lipinski definition) is 5. The molecular weight excluding hydrogens is 380 g/mol. The molecule has 2 aromatic carbocycles. The second-order valence-corrected chi connectivity index (χ2v) is 7.27. The van der Waals surface area contributed by atoms with Crippen molar-refractivity contribution in [3.8, 4) is 11.8 Å². The van der Waals surface area contributed by atoms with Crippen molar-refractivity contribution < 1.29 is 14.8 Å². The van der Waals surface area contributed by atoms with Crippen molar-refractivity contribution in [2.24, 2.45) is 5.73 Å². The zero-order valence-electron chi connectivity index (χ0n) is 16.7. The molecular formula is C23H26N4O3. The third-order valence-electron chi connectivity index (χ3n) is 5.12. The van der Waals surface area contributed by atoms with Crippen LogP contribution in [-0.2, 0) is 11.3 Å². The Morgan fingerprint density at radius 1 is 1.03 bits per heavy atom. The highest BCUT2D eigenvalue weighted by atomic mass is 16.5. The van der Waals surface area contributed by atoms with E-state index in [1.165, 1.54) is 30.3 Å². The van der Waals surface area contributed by atoms with Crippen LogP contribution < -0.4 is 21.8 Å². The molecule has 1 fully saturated rings. The summed E-state index contributed by atoms with van der Waals surface area (Å²) in [5.41, 5.74) is 10.2. The van der Waals surface area contributed by atoms with Crippen molar-refractivity contribution in [3.63, 3.8) is 0 Å². The van der Waals surface area contributed by atoms with Gasteiger partial charge in [0.15, 0.2) is 0 Å². The first-order valence-electron chi connectivity index (χ1n) is 9.98. The number of carbonyl (C=O) groups excluding carboxylic acids is 2. The molecule has 0 bridgehead atoms. The fourth-order valence-electron chi connectivity index (χ4n) is 2.98. The van der Waals surface area contributed by atoms with Crippen LogP contribution in [0.1, 0.15) is 46.3 Å². The van der Waals surface area contributed by atoms with Crippen LogP contribution in [0.15, 0.2) is 48.5 Å². The smallest absolute Gasteiger partial charge is 0.267 e. The molecule has 7 nitrogen and oxygen atoms in total. The monoisotopic (exact) mass is 406 g/mol. The van der Waals surface area contributed by atoms with Crippen LogP contribution in [0.5, 0.6) is 0 Å². The lowest BCUT2D eigenvalue weighted by atomic mass is 9.93. The van der Waals surface area contributed by atoms with E-state index in [0.29, 0.717) is 11.6 Å². The molecule has 0 heterocycles. The van der Waals surface area contributed by atoms with Gasteiger partial charge in [0.2, 0.25) is 0 Å². The van der Waals surface area contributed by atoms with Gasteiger partial charge in [-0.25, -0.2) is 5.48 Å². The SMILES string of the molecule is NC[C@H](NC(=O)c1ccc(C#Cc2ccc(CNC3CCC3)cc2)cc1)C(=O)NO. The third kappa shape index (κ3) is 5.91. The quantitative estimate of drug-likeness (QED) is 0.270. The molecule has 0 unspecified atom stereocenters. The fourth-order valence-corrected chi connectivity index (χ4v) is 2.98. The highest BCUT2D eigenvalue weighted by Gasteiger charge is 2.19. The average Bonchev–Trinajstić information content (AvgIpc) is 2.75. The van der Waals surface area contributed by atoms with E-state index < -0.39 is 17.9 Å². The van der Waals surface area contributed by atoms with Crippen molar-refractivity contribution >= 4 is 11.8 Å². The molecule has 3 rings (SSSR count). The second kappa shape index (κ2) is 10.6. The van der Waals surface area contributed by atoms with Crippen molar-refractivity contribution in [3.05, 3.63) is 70.8 Å². The number of amides is 2. The van der Waals surface area contributed by atoms with E-state index in [1.807, 2.05) is 12.1 Å². The van der Waals surface area contributed by atoms with Gasteiger partial charge >= 0.3 is 0 Å². The van der Waals surface area contributed by atoms with Crippen molar-refractivity contribution in [1.29, 1.82) is 0 Å². The normalized spacial score (nSPS) is 14.1. The van der Waals surface area contributed by atoms with Gasteiger partial charge in [0.05, 0.1) is 0 Å². The number of rotatable bonds is 7. The minimum atomic E-state index is -1.01. The number of nitrogens with one attached hydrogen (secondary N) is 3. The molecule has 0 saturated heterocycles. The zero-order chi connectivity index (χ0) is 21.3. The van der Waals surface area contributed by atoms with Gasteiger partial charge in [-0.15, -0.1) is 0 Å². The Morgan fingerprint density at radius 3 is 2.13 bits per heavy atom. The summed E-state index contributed by atoms with van der Waals surface area (Å²) < 4.78 is 0. The maximum atomic E-state index is 12.2. The fraction of sp³-hybridized carbons (Fsp3) is 0.304. The van der Waals surface area contributed by atoms with E-state index >= 15 is 0 Å². The Labute approximate surface area is 176 Å². The predicted octanol–water partition coefficient (Wildman–Crippen LogP) is 1.29. The molecule has 7 heteroatoms. The molecule has 1 aliphatic rings. The Bertz CT molecular complexity index is 926. The van der Waals surface area contributed by atoms with E-state index in [1.54, 1.807) is 24.3 Å². The lowest BCUT2D eigenvalue weighted by Crippen LogP contribution is -2.50. The number of benzene rings is 2. The first kappa shape index (κ1) is 21.5. The van der Waals surface area contributed by atoms with E-state index in [9.17, 15) is 9.59 Å². The molecule has 2 aromatic rings. The summed E-state index contributed by atoms with van der Waals surface area (Å²) in [6.45, 7) is 0.754. The molecule has 2 amide bonds. The van der Waals surface area contributed by atoms with Gasteiger partial charge in [-0.3, -0.25) is 14.8 Å². The van der Waals surface area contributed by atoms with Crippen LogP contribution in [0.25, 0.3) is 0 Å². The molecule has 0 aliphatic heterocycles. The second-order valence-electron chi connectivity index (χ2n) is 7.27. The number of nitrogens with two attached hydrogens (primary N) is 1. The van der Waals surface area contributed by atoms with E-state index in [2.05, 4.69) is 34.6 Å². The van der Waals surface area contributed by atoms with Crippen LogP contribution in [0.3, 0.4) is 0 Å². The van der Waals surface area contributed by atoms with Gasteiger partial charge in [0.25, 0.3) is 11.8 Å². The van der Waals surface area contributed by atoms with E-state index in [0.717, 1.165) is 17.7 Å². The lowest BCUT2D eigenvalue weighted by Gasteiger charge is -2.26. The predicted molar refractivity (Wildman–Crippen MR) is 114 cm³/mol. The average molecular weight is 406 g/mol. The van der Waals surface area contributed by atoms with Crippen LogP contribution in [0.4, 0.5) is 0 Å². The summed E-state index contributed by atoms with van der Waals surface area (Å²) in [5.74, 6) is 4.98. The van der Waals surface area contributed by atoms with Gasteiger partial charge in [0, 0.05) is 35.8 Å². The molecule has 0 radical (unpaired) electrons. The maximum absolute atomic E-state index is 12.2. The third-order valence-corrected chi connectivity index (χ3v) is 5.12. The summed E-state index contributed by atoms with van der Waals surface area (Å²) in [5, 5.41) is 14.7. The van der Waals surface area contributed by atoms with Crippen LogP contribution >= 0.6 is 0 Å². The Morgan fingerprint density at radius 2 is 1.63 bits per heavy atom. The lowest BCUT2D eigenvalue weighted by molar-refractivity contribution is -0.130. The summed E-state index contributed by atoms with van der Waals surface area (Å²) in [6.07, 6.45) is 3.87. The van der Waals surface area contributed by atoms with E-state index in [-0.39, 0.29) is 6.54 Å². The summed E-state index contributed by atoms with van der Waals surface area (Å²) in [6, 6.07) is 14.6. The molecule has 1 atom stereocenters. The van der Waals surface area contributed by atoms with Crippen molar-refractivity contribution in [2.75, 3.05) is 6.54 Å². The van der Waals surface area contributed by atoms with E-state index in [4.69, 9.17) is 10.9 Å². The van der Waals surface area contributed by atoms with Gasteiger partial charge in [0.1, 0.15) is 6.04 Å². The number of carbonyl (C=O) groups is 2. The summed E-state index contributed by atoms with van der Waals surface area (Å²) >= 11 is 0. The van der Waals surface area contributed by atoms with Crippen LogP contribution in [0.2, 0.25) is 0 Å². The molecule has 0 aromatic heterocycles. The maximum Gasteiger partial charge on any atom is 0.267 e. The van der Waals surface area contributed by atoms with Gasteiger partial charge in [-0.05, 0) is 54.8 Å². The standard InChI is InChI=1S/C23H26N4O3/c24-14-21(23(29)27-30)26-22(28)19-12-10-17(11-13-19)5-4-16-6-8-18(9-7-16)15-25-20-2-1-3-20/h6-13,20-21,25,30H,1-3,14-15,24H2,(H,26,28)(H,27,29)/t21-/m0/s1. The minimum absolute atomic E-state index is 0.128. The molecule has 30 heavy (non-hydrogen) atoms. The van der Waals surface area contributed by atoms with Crippen LogP contribution in [0, 0.1) is 11.8 Å². The highest BCUT2D eigenvalue weighted by Crippen LogP contribution is 2.18. The van der Waals surface area contributed by atoms with Crippen molar-refractivity contribution in [2.45, 2.75) is 37.9 Å². The van der Waals surface area contributed by atoms with Crippen LogP contribution in [-0.4, -0.2) is 35.7 Å². The van der Waals surface area contributed by atoms with Gasteiger partial charge < -0.3 is 16.4 Å². The zero-order valence-corrected chi connectivity index (χ0v) is 16.7. The van der Waals surface area contributed by atoms with Crippen molar-refractivity contribution in [1.82, 2.24) is 16.1 Å². The number of hydroxylamine groups is 1. The van der Waals surface area contributed by atoms with Gasteiger partial charge in [-0.2, -0.15) is 0 Å². The Balaban J connectivity index is 1.56.